The van der Waals surface area contributed by atoms with Crippen LogP contribution in [0.1, 0.15) is 49.9 Å². The van der Waals surface area contributed by atoms with Gasteiger partial charge >= 0.3 is 0 Å². The van der Waals surface area contributed by atoms with Crippen molar-refractivity contribution in [2.45, 2.75) is 39.5 Å². The molecule has 0 saturated carbocycles. The summed E-state index contributed by atoms with van der Waals surface area (Å²) in [6, 6.07) is 6.69. The Labute approximate surface area is 142 Å². The molecule has 5 nitrogen and oxygen atoms in total. The van der Waals surface area contributed by atoms with Gasteiger partial charge in [0.05, 0.1) is 0 Å². The van der Waals surface area contributed by atoms with Crippen LogP contribution in [0.4, 0.5) is 5.69 Å². The molecular weight excluding hydrogens is 304 g/mol. The van der Waals surface area contributed by atoms with Crippen LogP contribution in [0, 0.1) is 0 Å². The lowest BCUT2D eigenvalue weighted by Crippen LogP contribution is -2.31. The quantitative estimate of drug-likeness (QED) is 0.682. The van der Waals surface area contributed by atoms with E-state index in [1.807, 2.05) is 4.90 Å². The lowest BCUT2D eigenvalue weighted by Gasteiger charge is -2.18. The van der Waals surface area contributed by atoms with E-state index in [1.54, 1.807) is 31.2 Å². The molecule has 1 aliphatic heterocycles. The van der Waals surface area contributed by atoms with E-state index < -0.39 is 0 Å². The lowest BCUT2D eigenvalue weighted by atomic mass is 10.1. The number of rotatable bonds is 4. The molecule has 1 aromatic carbocycles. The van der Waals surface area contributed by atoms with Gasteiger partial charge in [-0.15, -0.1) is 0 Å². The fraction of sp³-hybridized carbons (Fsp3) is 0.421. The maximum Gasteiger partial charge on any atom is 0.251 e. The van der Waals surface area contributed by atoms with E-state index in [-0.39, 0.29) is 17.6 Å². The van der Waals surface area contributed by atoms with E-state index in [4.69, 9.17) is 0 Å². The number of likely N-dealkylation sites (tertiary alicyclic amines) is 1. The third-order valence-corrected chi connectivity index (χ3v) is 4.17. The number of hydrogen-bond donors (Lipinski definition) is 1. The van der Waals surface area contributed by atoms with E-state index in [1.165, 1.54) is 13.0 Å². The van der Waals surface area contributed by atoms with Gasteiger partial charge in [-0.3, -0.25) is 14.4 Å². The SMILES string of the molecule is CC(=O)c1ccc(NC(=O)/C(C)=C\C(=O)N2CCCCCC2)cc1. The monoisotopic (exact) mass is 328 g/mol. The van der Waals surface area contributed by atoms with Crippen LogP contribution >= 0.6 is 0 Å². The molecule has 1 N–H and O–H groups in total. The first-order chi connectivity index (χ1) is 11.5. The molecule has 1 aromatic rings. The zero-order chi connectivity index (χ0) is 17.5. The van der Waals surface area contributed by atoms with Crippen molar-refractivity contribution in [3.63, 3.8) is 0 Å². The number of nitrogens with one attached hydrogen (secondary N) is 1. The summed E-state index contributed by atoms with van der Waals surface area (Å²) in [4.78, 5) is 37.5. The first-order valence-corrected chi connectivity index (χ1v) is 8.37. The molecule has 0 bridgehead atoms. The van der Waals surface area contributed by atoms with Crippen LogP contribution in [0.5, 0.6) is 0 Å². The number of hydrogen-bond acceptors (Lipinski definition) is 3. The predicted molar refractivity (Wildman–Crippen MR) is 93.9 cm³/mol. The van der Waals surface area contributed by atoms with Crippen molar-refractivity contribution in [3.05, 3.63) is 41.5 Å². The topological polar surface area (TPSA) is 66.5 Å². The van der Waals surface area contributed by atoms with Gasteiger partial charge in [-0.25, -0.2) is 0 Å². The van der Waals surface area contributed by atoms with Gasteiger partial charge in [-0.2, -0.15) is 0 Å². The van der Waals surface area contributed by atoms with E-state index in [0.717, 1.165) is 38.8 Å². The molecule has 0 atom stereocenters. The molecule has 0 radical (unpaired) electrons. The minimum Gasteiger partial charge on any atom is -0.339 e. The van der Waals surface area contributed by atoms with Crippen molar-refractivity contribution < 1.29 is 14.4 Å². The normalized spacial score (nSPS) is 15.6. The molecule has 5 heteroatoms. The Morgan fingerprint density at radius 3 is 2.08 bits per heavy atom. The average molecular weight is 328 g/mol. The summed E-state index contributed by atoms with van der Waals surface area (Å²) in [7, 11) is 0. The number of anilines is 1. The first-order valence-electron chi connectivity index (χ1n) is 8.37. The molecule has 0 aliphatic carbocycles. The summed E-state index contributed by atoms with van der Waals surface area (Å²) < 4.78 is 0. The Hall–Kier alpha value is -2.43. The second kappa shape index (κ2) is 8.43. The van der Waals surface area contributed by atoms with Crippen LogP contribution in [-0.2, 0) is 9.59 Å². The average Bonchev–Trinajstić information content (AvgIpc) is 2.84. The number of nitrogens with zero attached hydrogens (tertiary/aromatic N) is 1. The molecule has 0 unspecified atom stereocenters. The summed E-state index contributed by atoms with van der Waals surface area (Å²) in [6.07, 6.45) is 5.76. The second-order valence-electron chi connectivity index (χ2n) is 6.15. The molecule has 128 valence electrons. The van der Waals surface area contributed by atoms with E-state index in [0.29, 0.717) is 16.8 Å². The van der Waals surface area contributed by atoms with Crippen LogP contribution in [-0.4, -0.2) is 35.6 Å². The van der Waals surface area contributed by atoms with Crippen molar-refractivity contribution in [1.82, 2.24) is 4.90 Å². The Morgan fingerprint density at radius 2 is 1.54 bits per heavy atom. The molecular formula is C19H24N2O3. The van der Waals surface area contributed by atoms with Gasteiger partial charge in [-0.1, -0.05) is 12.8 Å². The van der Waals surface area contributed by atoms with Crippen molar-refractivity contribution in [2.24, 2.45) is 0 Å². The number of benzene rings is 1. The summed E-state index contributed by atoms with van der Waals surface area (Å²) in [6.45, 7) is 4.65. The molecule has 1 heterocycles. The fourth-order valence-electron chi connectivity index (χ4n) is 2.65. The highest BCUT2D eigenvalue weighted by Crippen LogP contribution is 2.13. The maximum absolute atomic E-state index is 12.3. The van der Waals surface area contributed by atoms with Crippen LogP contribution in [0.3, 0.4) is 0 Å². The van der Waals surface area contributed by atoms with Crippen molar-refractivity contribution in [3.8, 4) is 0 Å². The highest BCUT2D eigenvalue weighted by Gasteiger charge is 2.15. The Morgan fingerprint density at radius 1 is 0.958 bits per heavy atom. The molecule has 2 amide bonds. The van der Waals surface area contributed by atoms with Crippen molar-refractivity contribution in [1.29, 1.82) is 0 Å². The number of carbonyl (C=O) groups excluding carboxylic acids is 3. The van der Waals surface area contributed by atoms with Gasteiger partial charge in [0.1, 0.15) is 0 Å². The van der Waals surface area contributed by atoms with E-state index in [9.17, 15) is 14.4 Å². The Bertz CT molecular complexity index is 639. The van der Waals surface area contributed by atoms with E-state index >= 15 is 0 Å². The molecule has 1 aliphatic rings. The summed E-state index contributed by atoms with van der Waals surface area (Å²) >= 11 is 0. The standard InChI is InChI=1S/C19H24N2O3/c1-14(13-18(23)21-11-5-3-4-6-12-21)19(24)20-17-9-7-16(8-10-17)15(2)22/h7-10,13H,3-6,11-12H2,1-2H3,(H,20,24)/b14-13-. The van der Waals surface area contributed by atoms with Crippen molar-refractivity contribution in [2.75, 3.05) is 18.4 Å². The molecule has 1 saturated heterocycles. The van der Waals surface area contributed by atoms with Gasteiger partial charge in [0.25, 0.3) is 5.91 Å². The summed E-state index contributed by atoms with van der Waals surface area (Å²) in [5, 5.41) is 2.74. The highest BCUT2D eigenvalue weighted by atomic mass is 16.2. The molecule has 2 rings (SSSR count). The lowest BCUT2D eigenvalue weighted by molar-refractivity contribution is -0.126. The van der Waals surface area contributed by atoms with Crippen LogP contribution < -0.4 is 5.32 Å². The molecule has 0 spiro atoms. The molecule has 0 aromatic heterocycles. The van der Waals surface area contributed by atoms with Crippen LogP contribution in [0.2, 0.25) is 0 Å². The Balaban J connectivity index is 1.97. The van der Waals surface area contributed by atoms with Crippen molar-refractivity contribution >= 4 is 23.3 Å². The minimum atomic E-state index is -0.311. The third-order valence-electron chi connectivity index (χ3n) is 4.17. The van der Waals surface area contributed by atoms with Gasteiger partial charge < -0.3 is 10.2 Å². The van der Waals surface area contributed by atoms with Gasteiger partial charge in [0.2, 0.25) is 5.91 Å². The van der Waals surface area contributed by atoms with Gasteiger partial charge in [-0.05, 0) is 51.0 Å². The fourth-order valence-corrected chi connectivity index (χ4v) is 2.65. The zero-order valence-electron chi connectivity index (χ0n) is 14.3. The van der Waals surface area contributed by atoms with Gasteiger partial charge in [0, 0.05) is 36.0 Å². The van der Waals surface area contributed by atoms with Crippen LogP contribution in [0.15, 0.2) is 35.9 Å². The van der Waals surface area contributed by atoms with E-state index in [2.05, 4.69) is 5.32 Å². The number of Topliss-reactive ketones (excluding diaryl/α,β-unsaturated/α-hetero) is 1. The largest absolute Gasteiger partial charge is 0.339 e. The Kier molecular flexibility index (Phi) is 6.29. The first kappa shape index (κ1) is 17.9. The molecule has 24 heavy (non-hydrogen) atoms. The smallest absolute Gasteiger partial charge is 0.251 e. The summed E-state index contributed by atoms with van der Waals surface area (Å²) in [5.41, 5.74) is 1.57. The maximum atomic E-state index is 12.3. The number of ketones is 1. The zero-order valence-corrected chi connectivity index (χ0v) is 14.3. The summed E-state index contributed by atoms with van der Waals surface area (Å²) in [5.74, 6) is -0.433. The second-order valence-corrected chi connectivity index (χ2v) is 6.15. The molecule has 1 fully saturated rings. The predicted octanol–water partition coefficient (Wildman–Crippen LogP) is 3.18. The van der Waals surface area contributed by atoms with Gasteiger partial charge in [0.15, 0.2) is 5.78 Å². The minimum absolute atomic E-state index is 0.0213. The number of amides is 2. The van der Waals surface area contributed by atoms with Crippen LogP contribution in [0.25, 0.3) is 0 Å². The highest BCUT2D eigenvalue weighted by molar-refractivity contribution is 6.07. The third kappa shape index (κ3) is 5.05. The number of carbonyl (C=O) groups is 3.